The van der Waals surface area contributed by atoms with Gasteiger partial charge in [-0.2, -0.15) is 0 Å². The Morgan fingerprint density at radius 2 is 1.65 bits per heavy atom. The summed E-state index contributed by atoms with van der Waals surface area (Å²) in [6.07, 6.45) is -0.592. The summed E-state index contributed by atoms with van der Waals surface area (Å²) in [4.78, 5) is 17.3. The van der Waals surface area contributed by atoms with E-state index < -0.39 is 12.1 Å². The molecule has 0 aliphatic carbocycles. The Kier molecular flexibility index (Phi) is 8.54. The van der Waals surface area contributed by atoms with Crippen molar-refractivity contribution in [3.8, 4) is 11.5 Å². The minimum atomic E-state index is -0.592. The minimum absolute atomic E-state index is 0.117. The summed E-state index contributed by atoms with van der Waals surface area (Å²) in [6, 6.07) is 18.6. The molecule has 3 aromatic rings. The number of benzene rings is 3. The van der Waals surface area contributed by atoms with Crippen LogP contribution in [0.4, 0.5) is 17.1 Å². The van der Waals surface area contributed by atoms with Crippen molar-refractivity contribution >= 4 is 52.1 Å². The van der Waals surface area contributed by atoms with Crippen LogP contribution in [0.1, 0.15) is 18.7 Å². The molecule has 1 saturated heterocycles. The molecular weight excluding hydrogens is 555 g/mol. The van der Waals surface area contributed by atoms with Gasteiger partial charge in [0.1, 0.15) is 0 Å². The first-order valence-electron chi connectivity index (χ1n) is 12.9. The third-order valence-corrected chi connectivity index (χ3v) is 7.28. The highest BCUT2D eigenvalue weighted by Crippen LogP contribution is 2.43. The van der Waals surface area contributed by atoms with Crippen molar-refractivity contribution in [1.29, 1.82) is 0 Å². The summed E-state index contributed by atoms with van der Waals surface area (Å²) >= 11 is 13.0. The molecule has 5 rings (SSSR count). The van der Waals surface area contributed by atoms with Gasteiger partial charge in [-0.1, -0.05) is 29.3 Å². The van der Waals surface area contributed by atoms with Crippen LogP contribution in [-0.4, -0.2) is 58.9 Å². The fourth-order valence-corrected chi connectivity index (χ4v) is 5.25. The number of anilines is 3. The average Bonchev–Trinajstić information content (AvgIpc) is 3.38. The number of carbonyl (C=O) groups is 1. The molecule has 0 radical (unpaired) electrons. The number of ether oxygens (including phenoxy) is 4. The summed E-state index contributed by atoms with van der Waals surface area (Å²) in [7, 11) is 3.16. The first-order chi connectivity index (χ1) is 19.4. The highest BCUT2D eigenvalue weighted by Gasteiger charge is 2.42. The van der Waals surface area contributed by atoms with E-state index in [0.717, 1.165) is 30.0 Å². The molecule has 0 spiro atoms. The summed E-state index contributed by atoms with van der Waals surface area (Å²) in [5.41, 5.74) is 3.10. The van der Waals surface area contributed by atoms with E-state index in [9.17, 15) is 4.79 Å². The highest BCUT2D eigenvalue weighted by molar-refractivity contribution is 6.42. The number of amidine groups is 1. The van der Waals surface area contributed by atoms with E-state index >= 15 is 0 Å². The van der Waals surface area contributed by atoms with Gasteiger partial charge in [0.2, 0.25) is 5.84 Å². The molecular formula is C29H30Cl2N4O5. The van der Waals surface area contributed by atoms with Gasteiger partial charge in [0.05, 0.1) is 50.4 Å². The van der Waals surface area contributed by atoms with Crippen LogP contribution in [0.5, 0.6) is 11.5 Å². The number of hydrogen-bond acceptors (Lipinski definition) is 9. The number of hydrazone groups is 1. The molecule has 0 amide bonds. The van der Waals surface area contributed by atoms with Crippen molar-refractivity contribution in [1.82, 2.24) is 0 Å². The summed E-state index contributed by atoms with van der Waals surface area (Å²) < 4.78 is 22.0. The molecule has 210 valence electrons. The quantitative estimate of drug-likeness (QED) is 0.310. The lowest BCUT2D eigenvalue weighted by molar-refractivity contribution is -0.135. The van der Waals surface area contributed by atoms with E-state index in [1.54, 1.807) is 38.3 Å². The number of nitrogens with zero attached hydrogens (tertiary/aromatic N) is 4. The second-order valence-corrected chi connectivity index (χ2v) is 9.90. The molecule has 0 unspecified atom stereocenters. The maximum atomic E-state index is 13.3. The first-order valence-corrected chi connectivity index (χ1v) is 13.6. The van der Waals surface area contributed by atoms with E-state index in [2.05, 4.69) is 4.90 Å². The van der Waals surface area contributed by atoms with E-state index in [4.69, 9.17) is 47.3 Å². The molecule has 0 N–H and O–H groups in total. The van der Waals surface area contributed by atoms with Crippen LogP contribution in [0, 0.1) is 0 Å². The Morgan fingerprint density at radius 1 is 0.950 bits per heavy atom. The first kappa shape index (κ1) is 27.9. The maximum Gasteiger partial charge on any atom is 0.376 e. The van der Waals surface area contributed by atoms with Crippen LogP contribution >= 0.6 is 23.2 Å². The predicted molar refractivity (Wildman–Crippen MR) is 157 cm³/mol. The lowest BCUT2D eigenvalue weighted by Crippen LogP contribution is -2.39. The minimum Gasteiger partial charge on any atom is -0.493 e. The Balaban J connectivity index is 1.65. The van der Waals surface area contributed by atoms with Crippen molar-refractivity contribution in [2.45, 2.75) is 13.1 Å². The van der Waals surface area contributed by atoms with E-state index in [1.807, 2.05) is 53.4 Å². The van der Waals surface area contributed by atoms with Crippen molar-refractivity contribution in [2.75, 3.05) is 61.9 Å². The molecule has 9 nitrogen and oxygen atoms in total. The van der Waals surface area contributed by atoms with Gasteiger partial charge in [-0.25, -0.2) is 9.80 Å². The summed E-state index contributed by atoms with van der Waals surface area (Å²) in [5, 5.41) is 7.68. The number of esters is 1. The number of morpholine rings is 1. The highest BCUT2D eigenvalue weighted by atomic mass is 35.5. The molecule has 40 heavy (non-hydrogen) atoms. The van der Waals surface area contributed by atoms with Crippen LogP contribution in [0.25, 0.3) is 0 Å². The van der Waals surface area contributed by atoms with Crippen LogP contribution < -0.4 is 24.3 Å². The molecule has 0 aromatic heterocycles. The molecule has 3 aromatic carbocycles. The van der Waals surface area contributed by atoms with Crippen molar-refractivity contribution < 1.29 is 23.7 Å². The molecule has 2 aliphatic heterocycles. The monoisotopic (exact) mass is 584 g/mol. The Bertz CT molecular complexity index is 1400. The van der Waals surface area contributed by atoms with Gasteiger partial charge in [-0.05, 0) is 61.5 Å². The molecule has 2 aliphatic rings. The van der Waals surface area contributed by atoms with Gasteiger partial charge in [0.25, 0.3) is 0 Å². The average molecular weight is 585 g/mol. The lowest BCUT2D eigenvalue weighted by Gasteiger charge is -2.33. The third-order valence-electron chi connectivity index (χ3n) is 6.72. The van der Waals surface area contributed by atoms with E-state index in [0.29, 0.717) is 40.4 Å². The number of halogens is 2. The topological polar surface area (TPSA) is 76.1 Å². The number of rotatable bonds is 8. The van der Waals surface area contributed by atoms with Crippen LogP contribution in [-0.2, 0) is 14.3 Å². The van der Waals surface area contributed by atoms with E-state index in [1.165, 1.54) is 0 Å². The lowest BCUT2D eigenvalue weighted by atomic mass is 10.1. The van der Waals surface area contributed by atoms with Gasteiger partial charge in [0, 0.05) is 29.4 Å². The number of methoxy groups -OCH3 is 2. The van der Waals surface area contributed by atoms with Gasteiger partial charge in [-0.3, -0.25) is 4.90 Å². The predicted octanol–water partition coefficient (Wildman–Crippen LogP) is 5.75. The Morgan fingerprint density at radius 3 is 2.30 bits per heavy atom. The normalized spacial score (nSPS) is 17.1. The van der Waals surface area contributed by atoms with Crippen LogP contribution in [0.15, 0.2) is 65.8 Å². The molecule has 0 saturated carbocycles. The zero-order valence-electron chi connectivity index (χ0n) is 22.5. The Hall–Kier alpha value is -3.66. The molecule has 2 heterocycles. The van der Waals surface area contributed by atoms with Gasteiger partial charge in [0.15, 0.2) is 17.7 Å². The molecule has 1 fully saturated rings. The summed E-state index contributed by atoms with van der Waals surface area (Å²) in [6.45, 7) is 4.73. The fraction of sp³-hybridized carbons (Fsp3) is 0.310. The molecule has 11 heteroatoms. The number of carbonyl (C=O) groups excluding carboxylic acids is 1. The van der Waals surface area contributed by atoms with Crippen molar-refractivity contribution in [3.63, 3.8) is 0 Å². The second-order valence-electron chi connectivity index (χ2n) is 9.06. The summed E-state index contributed by atoms with van der Waals surface area (Å²) in [5.74, 6) is 0.684. The van der Waals surface area contributed by atoms with Crippen LogP contribution in [0.2, 0.25) is 10.0 Å². The van der Waals surface area contributed by atoms with Crippen molar-refractivity contribution in [2.24, 2.45) is 5.10 Å². The zero-order valence-corrected chi connectivity index (χ0v) is 24.0. The SMILES string of the molecule is CCOC(=O)C1=NN(c2ccc(Cl)cc2)[C@H](c2ccc(OC)c(OC)c2)N1c1ccc(N2CCOCC2)c(Cl)c1. The molecule has 1 atom stereocenters. The molecule has 0 bridgehead atoms. The maximum absolute atomic E-state index is 13.3. The Labute approximate surface area is 243 Å². The zero-order chi connectivity index (χ0) is 28.2. The van der Waals surface area contributed by atoms with Gasteiger partial charge >= 0.3 is 5.97 Å². The second kappa shape index (κ2) is 12.2. The van der Waals surface area contributed by atoms with Gasteiger partial charge in [-0.15, -0.1) is 5.10 Å². The van der Waals surface area contributed by atoms with Gasteiger partial charge < -0.3 is 23.8 Å². The fourth-order valence-electron chi connectivity index (χ4n) is 4.83. The third kappa shape index (κ3) is 5.50. The number of hydrogen-bond donors (Lipinski definition) is 0. The van der Waals surface area contributed by atoms with E-state index in [-0.39, 0.29) is 12.4 Å². The van der Waals surface area contributed by atoms with Crippen molar-refractivity contribution in [3.05, 3.63) is 76.3 Å². The largest absolute Gasteiger partial charge is 0.493 e. The smallest absolute Gasteiger partial charge is 0.376 e. The van der Waals surface area contributed by atoms with Crippen LogP contribution in [0.3, 0.4) is 0 Å². The standard InChI is InChI=1S/C29H30Cl2N4O5/c1-4-40-29(36)27-32-35(21-8-6-20(30)7-9-21)28(19-5-12-25(37-2)26(17-19)38-3)34(27)22-10-11-24(23(31)18-22)33-13-15-39-16-14-33/h5-12,17-18,28H,4,13-16H2,1-3H3/t28-/m1/s1.